The normalized spacial score (nSPS) is 103. The van der Waals surface area contributed by atoms with Crippen LogP contribution in [-0.4, -0.2) is 11.1 Å². The zero-order valence-corrected chi connectivity index (χ0v) is 11.8. The van der Waals surface area contributed by atoms with Crippen molar-refractivity contribution in [1.82, 2.24) is 0 Å². The van der Waals surface area contributed by atoms with Gasteiger partial charge >= 0.3 is 105 Å². The third-order valence-corrected chi connectivity index (χ3v) is 58.6. The number of aromatic carboxylic acids is 1. The Hall–Kier alpha value is -0.791. The summed E-state index contributed by atoms with van der Waals surface area (Å²) in [6.07, 6.45) is 0. The van der Waals surface area contributed by atoms with E-state index in [9.17, 15) is 9.90 Å². The van der Waals surface area contributed by atoms with Crippen LogP contribution in [0.15, 0.2) is 24.3 Å². The van der Waals surface area contributed by atoms with Crippen LogP contribution in [0, 0.1) is 0 Å². The van der Waals surface area contributed by atoms with Crippen LogP contribution in [0.1, 0.15) is 15.9 Å². The summed E-state index contributed by atoms with van der Waals surface area (Å²) in [5, 5.41) is 9.68. The Balaban J connectivity index is 1.50. The summed E-state index contributed by atoms with van der Waals surface area (Å²) in [7, 11) is 0. The Labute approximate surface area is 105 Å². The van der Waals surface area contributed by atoms with Gasteiger partial charge in [-0.05, 0) is 0 Å². The summed E-state index contributed by atoms with van der Waals surface area (Å²) in [6, 6.07) is 8.18. The van der Waals surface area contributed by atoms with Crippen molar-refractivity contribution in [2.45, 2.75) is 47.7 Å². The molecule has 4 unspecified atom stereocenters. The summed E-state index contributed by atoms with van der Waals surface area (Å²) >= 11 is 0. The molecule has 102 valence electrons. The molecule has 0 aromatic heterocycles. The topological polar surface area (TPSA) is 37.3 Å². The fraction of sp³-hybridized carbons (Fsp3) is 0.588. The van der Waals surface area contributed by atoms with Crippen LogP contribution in [-0.2, 0) is 10.8 Å². The number of hydrogen-bond acceptors (Lipinski definition) is 1. The van der Waals surface area contributed by atoms with Gasteiger partial charge in [0, 0.05) is 0 Å². The van der Waals surface area contributed by atoms with E-state index < -0.39 is 12.5 Å². The number of carboxylic acid groups (broad SMARTS) is 1. The summed E-state index contributed by atoms with van der Waals surface area (Å²) in [5.74, 6) is -0.670. The number of fused-ring (bicyclic) bond motifs is 10. The molecule has 11 rings (SSSR count). The number of benzene rings is 1. The van der Waals surface area contributed by atoms with Gasteiger partial charge in [0.15, 0.2) is 0 Å². The third kappa shape index (κ3) is 0.0831. The Morgan fingerprint density at radius 3 is 1.90 bits per heavy atom. The first-order valence-electron chi connectivity index (χ1n) is 8.01. The molecule has 20 heavy (non-hydrogen) atoms. The second-order valence-corrected chi connectivity index (χ2v) is 35.1. The molecule has 10 saturated heterocycles. The molecule has 10 aliphatic rings. The van der Waals surface area contributed by atoms with Gasteiger partial charge in [-0.2, -0.15) is 0 Å². The van der Waals surface area contributed by atoms with Crippen LogP contribution in [0.3, 0.4) is 0 Å². The summed E-state index contributed by atoms with van der Waals surface area (Å²) < 4.78 is 0.577. The van der Waals surface area contributed by atoms with Crippen molar-refractivity contribution in [2.24, 2.45) is 0 Å². The van der Waals surface area contributed by atoms with Crippen LogP contribution in [0.4, 0.5) is 0 Å². The Morgan fingerprint density at radius 1 is 0.950 bits per heavy atom. The Morgan fingerprint density at radius 2 is 1.50 bits per heavy atom. The van der Waals surface area contributed by atoms with Gasteiger partial charge in [0.1, 0.15) is 0 Å². The summed E-state index contributed by atoms with van der Waals surface area (Å²) in [4.78, 5) is 22.9. The Kier molecular flexibility index (Phi) is 0.247. The van der Waals surface area contributed by atoms with Crippen molar-refractivity contribution in [2.75, 3.05) is 0 Å². The molecule has 0 aliphatic carbocycles. The SMILES string of the molecule is O=C(O)c1ccccc1[C]12[CH]3[CH]4[CH]5[CH]1[Fe]45321678[CH]2[CH]1[CH]6[CH]7[CH]28. The van der Waals surface area contributed by atoms with Crippen molar-refractivity contribution >= 4 is 5.97 Å². The standard InChI is InChI=1S/C12H9O2.C5H5.Fe/c13-12(14)11-8-4-3-7-10(11)9-5-1-2-6-9;1-2-4-5-3-1;/h1-8H,(H,13,14);1-5H;. The maximum absolute atomic E-state index is 11.8. The number of rotatable bonds is 2. The monoisotopic (exact) mass is 306 g/mol. The average molecular weight is 306 g/mol. The van der Waals surface area contributed by atoms with E-state index in [1.165, 1.54) is 39.3 Å². The number of carbonyl (C=O) groups is 1. The molecule has 3 heteroatoms. The fourth-order valence-corrected chi connectivity index (χ4v) is 92.1. The van der Waals surface area contributed by atoms with Crippen molar-refractivity contribution < 1.29 is 16.4 Å². The molecule has 1 aromatic carbocycles. The van der Waals surface area contributed by atoms with Gasteiger partial charge < -0.3 is 0 Å². The fourth-order valence-electron chi connectivity index (χ4n) is 17.9. The number of hydrogen-bond donors (Lipinski definition) is 1. The van der Waals surface area contributed by atoms with Crippen molar-refractivity contribution in [3.8, 4) is 0 Å². The quantitative estimate of drug-likeness (QED) is 0.832. The first-order valence-corrected chi connectivity index (χ1v) is 14.3. The van der Waals surface area contributed by atoms with Gasteiger partial charge in [-0.1, -0.05) is 0 Å². The molecule has 4 atom stereocenters. The van der Waals surface area contributed by atoms with E-state index >= 15 is 0 Å². The molecule has 10 aliphatic heterocycles. The van der Waals surface area contributed by atoms with Crippen LogP contribution in [0.25, 0.3) is 0 Å². The van der Waals surface area contributed by atoms with E-state index in [2.05, 4.69) is 12.1 Å². The van der Waals surface area contributed by atoms with Gasteiger partial charge in [-0.25, -0.2) is 0 Å². The van der Waals surface area contributed by atoms with E-state index in [1.807, 2.05) is 12.1 Å². The van der Waals surface area contributed by atoms with E-state index in [-0.39, 0.29) is 0 Å². The van der Waals surface area contributed by atoms with Crippen LogP contribution >= 0.6 is 0 Å². The van der Waals surface area contributed by atoms with Gasteiger partial charge in [-0.3, -0.25) is 0 Å². The Bertz CT molecular complexity index is 1180. The van der Waals surface area contributed by atoms with Crippen molar-refractivity contribution in [3.05, 3.63) is 35.4 Å². The predicted octanol–water partition coefficient (Wildman–Crippen LogP) is 4.18. The molecule has 0 amide bonds. The first kappa shape index (κ1) is 7.47. The molecule has 2 nitrogen and oxygen atoms in total. The van der Waals surface area contributed by atoms with E-state index in [4.69, 9.17) is 0 Å². The molecule has 10 heterocycles. The zero-order chi connectivity index (χ0) is 12.6. The average Bonchev–Trinajstić information content (AvgIpc) is 3.39. The molecule has 0 saturated carbocycles. The molecule has 1 N–H and O–H groups in total. The molecule has 0 radical (unpaired) electrons. The second kappa shape index (κ2) is 0.663. The molecule has 0 bridgehead atoms. The van der Waals surface area contributed by atoms with Gasteiger partial charge in [0.05, 0.1) is 0 Å². The molecule has 10 fully saturated rings. The minimum atomic E-state index is -3.19. The van der Waals surface area contributed by atoms with Crippen molar-refractivity contribution in [3.63, 3.8) is 0 Å². The van der Waals surface area contributed by atoms with E-state index in [0.29, 0.717) is 9.88 Å². The first-order chi connectivity index (χ1) is 9.47. The zero-order valence-electron chi connectivity index (χ0n) is 10.7. The molecule has 1 spiro atoms. The maximum atomic E-state index is 11.8. The van der Waals surface area contributed by atoms with Gasteiger partial charge in [0.2, 0.25) is 0 Å². The number of carboxylic acids is 1. The second-order valence-electron chi connectivity index (χ2n) is 11.5. The van der Waals surface area contributed by atoms with Gasteiger partial charge in [-0.15, -0.1) is 0 Å². The van der Waals surface area contributed by atoms with Crippen LogP contribution < -0.4 is 0 Å². The predicted molar refractivity (Wildman–Crippen MR) is 68.8 cm³/mol. The molecular formula is C17H14FeO2. The van der Waals surface area contributed by atoms with E-state index in [1.54, 1.807) is 0 Å². The molecule has 1 aromatic rings. The van der Waals surface area contributed by atoms with Gasteiger partial charge in [0.25, 0.3) is 0 Å². The van der Waals surface area contributed by atoms with Crippen LogP contribution in [0.5, 0.6) is 0 Å². The third-order valence-electron chi connectivity index (χ3n) is 16.2. The summed E-state index contributed by atoms with van der Waals surface area (Å²) in [6.45, 7) is -3.19. The van der Waals surface area contributed by atoms with Crippen molar-refractivity contribution in [1.29, 1.82) is 0 Å². The van der Waals surface area contributed by atoms with Crippen LogP contribution in [0.2, 0.25) is 43.3 Å². The summed E-state index contributed by atoms with van der Waals surface area (Å²) in [5.41, 5.74) is 2.04. The van der Waals surface area contributed by atoms with E-state index in [0.717, 1.165) is 9.63 Å². The minimum absolute atomic E-state index is 0.577. The molecular weight excluding hydrogens is 292 g/mol.